The average Bonchev–Trinajstić information content (AvgIpc) is 2.71. The highest BCUT2D eigenvalue weighted by molar-refractivity contribution is 4.95. The summed E-state index contributed by atoms with van der Waals surface area (Å²) in [5, 5.41) is 0. The van der Waals surface area contributed by atoms with Crippen molar-refractivity contribution in [2.24, 2.45) is 0 Å². The van der Waals surface area contributed by atoms with E-state index in [2.05, 4.69) is 85.1 Å². The van der Waals surface area contributed by atoms with Crippen molar-refractivity contribution in [3.8, 4) is 0 Å². The third kappa shape index (κ3) is 19.0. The number of hydrogen-bond donors (Lipinski definition) is 0. The molecule has 0 bridgehead atoms. The van der Waals surface area contributed by atoms with Crippen molar-refractivity contribution in [2.75, 3.05) is 0 Å². The summed E-state index contributed by atoms with van der Waals surface area (Å²) in [6.07, 6.45) is 49.0. The molecule has 0 aromatic carbocycles. The number of hydrogen-bond acceptors (Lipinski definition) is 0. The molecule has 0 aromatic heterocycles. The van der Waals surface area contributed by atoms with E-state index in [0.717, 1.165) is 0 Å². The molecule has 0 aliphatic heterocycles. The average molecular weight is 379 g/mol. The zero-order valence-electron chi connectivity index (χ0n) is 18.0. The molecule has 0 fully saturated rings. The van der Waals surface area contributed by atoms with Crippen LogP contribution in [0.2, 0.25) is 0 Å². The molecule has 1 rings (SSSR count). The lowest BCUT2D eigenvalue weighted by molar-refractivity contribution is 0.962. The summed E-state index contributed by atoms with van der Waals surface area (Å²) in [7, 11) is 0. The molecule has 1 aliphatic rings. The molecule has 0 saturated heterocycles. The van der Waals surface area contributed by atoms with Crippen molar-refractivity contribution in [3.05, 3.63) is 85.1 Å². The van der Waals surface area contributed by atoms with Crippen molar-refractivity contribution >= 4 is 0 Å². The van der Waals surface area contributed by atoms with E-state index in [1.54, 1.807) is 0 Å². The molecule has 0 saturated carbocycles. The van der Waals surface area contributed by atoms with E-state index >= 15 is 0 Å². The Balaban J connectivity index is 2.29. The molecular formula is C28H42. The van der Waals surface area contributed by atoms with Crippen molar-refractivity contribution in [1.82, 2.24) is 0 Å². The Morgan fingerprint density at radius 2 is 0.214 bits per heavy atom. The molecule has 154 valence electrons. The maximum absolute atomic E-state index is 2.33. The zero-order chi connectivity index (χ0) is 19.8. The summed E-state index contributed by atoms with van der Waals surface area (Å²) < 4.78 is 0. The van der Waals surface area contributed by atoms with Crippen LogP contribution in [0.3, 0.4) is 0 Å². The van der Waals surface area contributed by atoms with E-state index in [1.807, 2.05) is 0 Å². The topological polar surface area (TPSA) is 0 Å². The molecule has 0 heteroatoms. The molecule has 0 unspecified atom stereocenters. The smallest absolute Gasteiger partial charge is 0.0316 e. The Kier molecular flexibility index (Phi) is 18.6. The van der Waals surface area contributed by atoms with Gasteiger partial charge in [-0.05, 0) is 89.9 Å². The first-order valence-corrected chi connectivity index (χ1v) is 11.5. The van der Waals surface area contributed by atoms with Gasteiger partial charge in [0.15, 0.2) is 0 Å². The molecule has 0 radical (unpaired) electrons. The van der Waals surface area contributed by atoms with Gasteiger partial charge in [0, 0.05) is 0 Å². The summed E-state index contributed by atoms with van der Waals surface area (Å²) in [4.78, 5) is 0. The summed E-state index contributed by atoms with van der Waals surface area (Å²) in [6.45, 7) is 0. The lowest BCUT2D eigenvalue weighted by Crippen LogP contribution is -1.71. The summed E-state index contributed by atoms with van der Waals surface area (Å²) >= 11 is 0. The maximum atomic E-state index is 2.33. The van der Waals surface area contributed by atoms with Crippen LogP contribution in [0.25, 0.3) is 0 Å². The molecule has 0 atom stereocenters. The minimum absolute atomic E-state index is 1.17. The van der Waals surface area contributed by atoms with Crippen LogP contribution in [0.15, 0.2) is 85.1 Å². The van der Waals surface area contributed by atoms with Crippen LogP contribution in [0.1, 0.15) is 89.9 Å². The van der Waals surface area contributed by atoms with Crippen LogP contribution >= 0.6 is 0 Å². The van der Waals surface area contributed by atoms with E-state index in [-0.39, 0.29) is 0 Å². The van der Waals surface area contributed by atoms with Crippen LogP contribution in [-0.4, -0.2) is 0 Å². The van der Waals surface area contributed by atoms with E-state index in [9.17, 15) is 0 Å². The molecule has 0 amide bonds. The maximum Gasteiger partial charge on any atom is -0.0316 e. The second-order valence-electron chi connectivity index (χ2n) is 7.34. The minimum atomic E-state index is 1.17. The summed E-state index contributed by atoms with van der Waals surface area (Å²) in [5.41, 5.74) is 0. The lowest BCUT2D eigenvalue weighted by Gasteiger charge is -1.92. The highest BCUT2D eigenvalue weighted by Gasteiger charge is 1.83. The second kappa shape index (κ2) is 21.5. The fraction of sp³-hybridized carbons (Fsp3) is 0.500. The molecule has 0 spiro atoms. The third-order valence-electron chi connectivity index (χ3n) is 4.67. The quantitative estimate of drug-likeness (QED) is 0.368. The van der Waals surface area contributed by atoms with E-state index in [4.69, 9.17) is 0 Å². The molecule has 0 nitrogen and oxygen atoms in total. The highest BCUT2D eigenvalue weighted by Crippen LogP contribution is 2.04. The normalized spacial score (nSPS) is 26.9. The Morgan fingerprint density at radius 1 is 0.143 bits per heavy atom. The van der Waals surface area contributed by atoms with Gasteiger partial charge in [0.1, 0.15) is 0 Å². The first-order valence-electron chi connectivity index (χ1n) is 11.5. The standard InChI is InChI=1S/C28H42/c1-2-4-6-8-10-12-14-16-18-20-22-24-26-28-27-25-23-21-19-17-15-13-11-9-7-5-3-1/h1-2,7-10,15-18,23-26H,3-6,11-14,19-22,27-28H2/b2-1+,9-7+,10-8+,17-15+,18-16+,25-23+,26-24?. The van der Waals surface area contributed by atoms with Gasteiger partial charge >= 0.3 is 0 Å². The number of allylic oxidation sites excluding steroid dienone is 14. The Bertz CT molecular complexity index is 343. The minimum Gasteiger partial charge on any atom is -0.0882 e. The Hall–Kier alpha value is -1.82. The lowest BCUT2D eigenvalue weighted by atomic mass is 10.1. The Morgan fingerprint density at radius 3 is 0.286 bits per heavy atom. The molecule has 0 aromatic rings. The zero-order valence-corrected chi connectivity index (χ0v) is 18.0. The van der Waals surface area contributed by atoms with Gasteiger partial charge in [-0.3, -0.25) is 0 Å². The van der Waals surface area contributed by atoms with E-state index in [0.29, 0.717) is 0 Å². The predicted molar refractivity (Wildman–Crippen MR) is 129 cm³/mol. The van der Waals surface area contributed by atoms with Crippen molar-refractivity contribution < 1.29 is 0 Å². The van der Waals surface area contributed by atoms with Crippen LogP contribution in [0.5, 0.6) is 0 Å². The van der Waals surface area contributed by atoms with Gasteiger partial charge in [0.25, 0.3) is 0 Å². The van der Waals surface area contributed by atoms with Gasteiger partial charge in [-0.25, -0.2) is 0 Å². The Labute approximate surface area is 175 Å². The predicted octanol–water partition coefficient (Wildman–Crippen LogP) is 9.35. The largest absolute Gasteiger partial charge is 0.0882 e. The van der Waals surface area contributed by atoms with Crippen molar-refractivity contribution in [1.29, 1.82) is 0 Å². The number of rotatable bonds is 0. The van der Waals surface area contributed by atoms with Crippen LogP contribution in [0, 0.1) is 0 Å². The first kappa shape index (κ1) is 24.2. The van der Waals surface area contributed by atoms with E-state index in [1.165, 1.54) is 89.9 Å². The van der Waals surface area contributed by atoms with Gasteiger partial charge in [0.05, 0.1) is 0 Å². The summed E-state index contributed by atoms with van der Waals surface area (Å²) in [6, 6.07) is 0. The second-order valence-corrected chi connectivity index (χ2v) is 7.34. The van der Waals surface area contributed by atoms with E-state index < -0.39 is 0 Å². The summed E-state index contributed by atoms with van der Waals surface area (Å²) in [5.74, 6) is 0. The molecule has 0 N–H and O–H groups in total. The van der Waals surface area contributed by atoms with Crippen LogP contribution in [0.4, 0.5) is 0 Å². The van der Waals surface area contributed by atoms with Gasteiger partial charge in [-0.2, -0.15) is 0 Å². The van der Waals surface area contributed by atoms with Gasteiger partial charge in [-0.1, -0.05) is 85.1 Å². The van der Waals surface area contributed by atoms with Crippen molar-refractivity contribution in [2.45, 2.75) is 89.9 Å². The molecule has 1 aliphatic carbocycles. The third-order valence-corrected chi connectivity index (χ3v) is 4.67. The van der Waals surface area contributed by atoms with Gasteiger partial charge < -0.3 is 0 Å². The molecular weight excluding hydrogens is 336 g/mol. The van der Waals surface area contributed by atoms with Gasteiger partial charge in [-0.15, -0.1) is 0 Å². The fourth-order valence-corrected chi connectivity index (χ4v) is 3.00. The first-order chi connectivity index (χ1) is 14.0. The van der Waals surface area contributed by atoms with Crippen molar-refractivity contribution in [3.63, 3.8) is 0 Å². The molecule has 28 heavy (non-hydrogen) atoms. The van der Waals surface area contributed by atoms with Crippen LogP contribution < -0.4 is 0 Å². The fourth-order valence-electron chi connectivity index (χ4n) is 3.00. The molecule has 0 heterocycles. The SMILES string of the molecule is C1=CCC/C=C/CC/C=C/CC/C=C/CC/C=C/CC/C=C/CC/C=C/CC1. The van der Waals surface area contributed by atoms with Crippen LogP contribution in [-0.2, 0) is 0 Å². The van der Waals surface area contributed by atoms with Gasteiger partial charge in [0.2, 0.25) is 0 Å². The monoisotopic (exact) mass is 378 g/mol. The highest BCUT2D eigenvalue weighted by atomic mass is 13.9.